The Morgan fingerprint density at radius 2 is 1.84 bits per heavy atom. The maximum Gasteiger partial charge on any atom is 0.226 e. The van der Waals surface area contributed by atoms with Gasteiger partial charge < -0.3 is 10.6 Å². The van der Waals surface area contributed by atoms with Gasteiger partial charge in [0.05, 0.1) is 17.3 Å². The SMILES string of the molecule is CNc1nc(Nc2cccc(Cl)c2)c2cnn(-c3ccccc3)c2n1. The van der Waals surface area contributed by atoms with E-state index in [1.807, 2.05) is 54.6 Å². The first kappa shape index (κ1) is 15.4. The first-order chi connectivity index (χ1) is 12.2. The van der Waals surface area contributed by atoms with Crippen LogP contribution in [-0.2, 0) is 0 Å². The Balaban J connectivity index is 1.86. The first-order valence-electron chi connectivity index (χ1n) is 7.76. The van der Waals surface area contributed by atoms with Gasteiger partial charge in [0.1, 0.15) is 5.82 Å². The van der Waals surface area contributed by atoms with Crippen molar-refractivity contribution in [3.63, 3.8) is 0 Å². The number of para-hydroxylation sites is 1. The molecule has 0 saturated heterocycles. The minimum Gasteiger partial charge on any atom is -0.357 e. The Kier molecular flexibility index (Phi) is 3.95. The molecule has 2 N–H and O–H groups in total. The van der Waals surface area contributed by atoms with Crippen molar-refractivity contribution in [1.29, 1.82) is 0 Å². The molecular formula is C18H15ClN6. The van der Waals surface area contributed by atoms with Gasteiger partial charge in [-0.1, -0.05) is 35.9 Å². The zero-order chi connectivity index (χ0) is 17.2. The minimum absolute atomic E-state index is 0.509. The molecule has 25 heavy (non-hydrogen) atoms. The van der Waals surface area contributed by atoms with Gasteiger partial charge in [0.15, 0.2) is 5.65 Å². The highest BCUT2D eigenvalue weighted by molar-refractivity contribution is 6.30. The van der Waals surface area contributed by atoms with Gasteiger partial charge in [0.2, 0.25) is 5.95 Å². The summed E-state index contributed by atoms with van der Waals surface area (Å²) >= 11 is 6.07. The summed E-state index contributed by atoms with van der Waals surface area (Å²) in [6, 6.07) is 17.4. The van der Waals surface area contributed by atoms with Crippen molar-refractivity contribution in [1.82, 2.24) is 19.7 Å². The predicted molar refractivity (Wildman–Crippen MR) is 101 cm³/mol. The van der Waals surface area contributed by atoms with E-state index in [2.05, 4.69) is 25.7 Å². The third kappa shape index (κ3) is 2.99. The van der Waals surface area contributed by atoms with Crippen LogP contribution in [0.15, 0.2) is 60.8 Å². The van der Waals surface area contributed by atoms with Crippen LogP contribution in [-0.4, -0.2) is 26.8 Å². The number of halogens is 1. The number of aromatic nitrogens is 4. The van der Waals surface area contributed by atoms with Gasteiger partial charge in [-0.05, 0) is 30.3 Å². The fourth-order valence-corrected chi connectivity index (χ4v) is 2.77. The third-order valence-electron chi connectivity index (χ3n) is 3.74. The molecule has 2 aromatic heterocycles. The highest BCUT2D eigenvalue weighted by Gasteiger charge is 2.14. The van der Waals surface area contributed by atoms with Gasteiger partial charge >= 0.3 is 0 Å². The number of benzene rings is 2. The molecule has 7 heteroatoms. The minimum atomic E-state index is 0.509. The van der Waals surface area contributed by atoms with E-state index in [-0.39, 0.29) is 0 Å². The van der Waals surface area contributed by atoms with E-state index < -0.39 is 0 Å². The molecule has 0 bridgehead atoms. The van der Waals surface area contributed by atoms with Crippen LogP contribution in [0.2, 0.25) is 5.02 Å². The molecule has 0 unspecified atom stereocenters. The Morgan fingerprint density at radius 1 is 1.00 bits per heavy atom. The number of rotatable bonds is 4. The second-order valence-electron chi connectivity index (χ2n) is 5.41. The van der Waals surface area contributed by atoms with E-state index in [0.717, 1.165) is 22.4 Å². The van der Waals surface area contributed by atoms with Crippen molar-refractivity contribution in [3.8, 4) is 5.69 Å². The molecule has 4 rings (SSSR count). The number of hydrogen-bond donors (Lipinski definition) is 2. The molecule has 0 spiro atoms. The summed E-state index contributed by atoms with van der Waals surface area (Å²) in [6.45, 7) is 0. The van der Waals surface area contributed by atoms with Crippen LogP contribution in [0.1, 0.15) is 0 Å². The van der Waals surface area contributed by atoms with Crippen LogP contribution in [0, 0.1) is 0 Å². The average Bonchev–Trinajstić information content (AvgIpc) is 3.06. The summed E-state index contributed by atoms with van der Waals surface area (Å²) in [7, 11) is 1.79. The lowest BCUT2D eigenvalue weighted by atomic mass is 10.3. The number of anilines is 3. The summed E-state index contributed by atoms with van der Waals surface area (Å²) in [5, 5.41) is 12.3. The van der Waals surface area contributed by atoms with E-state index in [1.54, 1.807) is 17.9 Å². The summed E-state index contributed by atoms with van der Waals surface area (Å²) < 4.78 is 1.79. The lowest BCUT2D eigenvalue weighted by molar-refractivity contribution is 0.896. The summed E-state index contributed by atoms with van der Waals surface area (Å²) in [6.07, 6.45) is 1.76. The molecule has 0 aliphatic rings. The lowest BCUT2D eigenvalue weighted by Crippen LogP contribution is -2.04. The van der Waals surface area contributed by atoms with Crippen LogP contribution < -0.4 is 10.6 Å². The number of fused-ring (bicyclic) bond motifs is 1. The van der Waals surface area contributed by atoms with Gasteiger partial charge in [0, 0.05) is 17.8 Å². The Hall–Kier alpha value is -3.12. The fraction of sp³-hybridized carbons (Fsp3) is 0.0556. The normalized spacial score (nSPS) is 10.8. The zero-order valence-corrected chi connectivity index (χ0v) is 14.2. The molecule has 0 radical (unpaired) electrons. The number of hydrogen-bond acceptors (Lipinski definition) is 5. The predicted octanol–water partition coefficient (Wildman–Crippen LogP) is 4.25. The van der Waals surface area contributed by atoms with E-state index in [0.29, 0.717) is 16.8 Å². The van der Waals surface area contributed by atoms with Crippen LogP contribution in [0.25, 0.3) is 16.7 Å². The third-order valence-corrected chi connectivity index (χ3v) is 3.98. The van der Waals surface area contributed by atoms with Crippen LogP contribution in [0.3, 0.4) is 0 Å². The standard InChI is InChI=1S/C18H15ClN6/c1-20-18-23-16(22-13-7-5-6-12(19)10-13)15-11-21-25(17(15)24-18)14-8-3-2-4-9-14/h2-11H,1H3,(H2,20,22,23,24). The van der Waals surface area contributed by atoms with E-state index in [4.69, 9.17) is 11.6 Å². The molecule has 2 heterocycles. The van der Waals surface area contributed by atoms with Crippen LogP contribution in [0.5, 0.6) is 0 Å². The second kappa shape index (κ2) is 6.41. The summed E-state index contributed by atoms with van der Waals surface area (Å²) in [5.41, 5.74) is 2.50. The van der Waals surface area contributed by atoms with Crippen molar-refractivity contribution in [2.75, 3.05) is 17.7 Å². The van der Waals surface area contributed by atoms with Crippen LogP contribution in [0.4, 0.5) is 17.5 Å². The molecule has 4 aromatic rings. The quantitative estimate of drug-likeness (QED) is 0.575. The molecule has 0 fully saturated rings. The first-order valence-corrected chi connectivity index (χ1v) is 8.14. The Labute approximate surface area is 149 Å². The average molecular weight is 351 g/mol. The van der Waals surface area contributed by atoms with Gasteiger partial charge in [-0.25, -0.2) is 4.68 Å². The maximum absolute atomic E-state index is 6.07. The fourth-order valence-electron chi connectivity index (χ4n) is 2.58. The van der Waals surface area contributed by atoms with Crippen molar-refractivity contribution >= 4 is 40.1 Å². The highest BCUT2D eigenvalue weighted by Crippen LogP contribution is 2.27. The van der Waals surface area contributed by atoms with Gasteiger partial charge in [-0.15, -0.1) is 0 Å². The monoisotopic (exact) mass is 350 g/mol. The van der Waals surface area contributed by atoms with E-state index in [9.17, 15) is 0 Å². The summed E-state index contributed by atoms with van der Waals surface area (Å²) in [5.74, 6) is 1.17. The molecule has 0 amide bonds. The van der Waals surface area contributed by atoms with Gasteiger partial charge in [0.25, 0.3) is 0 Å². The molecular weight excluding hydrogens is 336 g/mol. The van der Waals surface area contributed by atoms with E-state index in [1.165, 1.54) is 0 Å². The van der Waals surface area contributed by atoms with Crippen molar-refractivity contribution in [2.45, 2.75) is 0 Å². The van der Waals surface area contributed by atoms with Crippen molar-refractivity contribution in [3.05, 3.63) is 65.8 Å². The van der Waals surface area contributed by atoms with Crippen molar-refractivity contribution < 1.29 is 0 Å². The van der Waals surface area contributed by atoms with E-state index >= 15 is 0 Å². The topological polar surface area (TPSA) is 67.7 Å². The second-order valence-corrected chi connectivity index (χ2v) is 5.85. The Morgan fingerprint density at radius 3 is 2.60 bits per heavy atom. The molecule has 6 nitrogen and oxygen atoms in total. The molecule has 0 aliphatic carbocycles. The van der Waals surface area contributed by atoms with Gasteiger partial charge in [-0.3, -0.25) is 0 Å². The van der Waals surface area contributed by atoms with Crippen LogP contribution >= 0.6 is 11.6 Å². The summed E-state index contributed by atoms with van der Waals surface area (Å²) in [4.78, 5) is 9.08. The van der Waals surface area contributed by atoms with Crippen molar-refractivity contribution in [2.24, 2.45) is 0 Å². The maximum atomic E-state index is 6.07. The molecule has 0 saturated carbocycles. The lowest BCUT2D eigenvalue weighted by Gasteiger charge is -2.10. The molecule has 0 atom stereocenters. The largest absolute Gasteiger partial charge is 0.357 e. The molecule has 124 valence electrons. The molecule has 2 aromatic carbocycles. The smallest absolute Gasteiger partial charge is 0.226 e. The number of nitrogens with zero attached hydrogens (tertiary/aromatic N) is 4. The number of nitrogens with one attached hydrogen (secondary N) is 2. The Bertz CT molecular complexity index is 1030. The van der Waals surface area contributed by atoms with Gasteiger partial charge in [-0.2, -0.15) is 15.1 Å². The molecule has 0 aliphatic heterocycles. The zero-order valence-electron chi connectivity index (χ0n) is 13.4. The highest BCUT2D eigenvalue weighted by atomic mass is 35.5.